The summed E-state index contributed by atoms with van der Waals surface area (Å²) in [7, 11) is 0. The Labute approximate surface area is 121 Å². The zero-order valence-corrected chi connectivity index (χ0v) is 12.4. The van der Waals surface area contributed by atoms with Gasteiger partial charge in [0.25, 0.3) is 0 Å². The van der Waals surface area contributed by atoms with Crippen LogP contribution in [0, 0.1) is 5.92 Å². The highest BCUT2D eigenvalue weighted by Gasteiger charge is 2.20. The van der Waals surface area contributed by atoms with E-state index in [1.165, 1.54) is 32.1 Å². The summed E-state index contributed by atoms with van der Waals surface area (Å²) in [6, 6.07) is 8.01. The molecule has 0 bridgehead atoms. The molecule has 1 atom stereocenters. The summed E-state index contributed by atoms with van der Waals surface area (Å²) < 4.78 is 0. The number of hydrogen-bond acceptors (Lipinski definition) is 2. The smallest absolute Gasteiger partial charge is 0.0914 e. The van der Waals surface area contributed by atoms with Crippen molar-refractivity contribution in [1.29, 1.82) is 0 Å². The van der Waals surface area contributed by atoms with Crippen LogP contribution >= 0.6 is 11.6 Å². The van der Waals surface area contributed by atoms with Gasteiger partial charge in [0.05, 0.1) is 6.10 Å². The largest absolute Gasteiger partial charge is 0.387 e. The zero-order chi connectivity index (χ0) is 13.7. The van der Waals surface area contributed by atoms with Gasteiger partial charge in [0.1, 0.15) is 0 Å². The number of rotatable bonds is 5. The van der Waals surface area contributed by atoms with Gasteiger partial charge in [0, 0.05) is 17.6 Å². The molecule has 2 N–H and O–H groups in total. The van der Waals surface area contributed by atoms with Crippen molar-refractivity contribution in [1.82, 2.24) is 5.32 Å². The lowest BCUT2D eigenvalue weighted by atomic mass is 9.84. The average molecular weight is 282 g/mol. The molecule has 3 heteroatoms. The summed E-state index contributed by atoms with van der Waals surface area (Å²) in [6.45, 7) is 2.91. The van der Waals surface area contributed by atoms with Crippen molar-refractivity contribution in [3.8, 4) is 0 Å². The molecular weight excluding hydrogens is 258 g/mol. The van der Waals surface area contributed by atoms with Gasteiger partial charge in [0.15, 0.2) is 0 Å². The normalized spacial score (nSPS) is 25.2. The SMILES string of the molecule is CCC1CCC(NCC(O)c2ccc(Cl)cc2)CC1. The maximum Gasteiger partial charge on any atom is 0.0914 e. The predicted molar refractivity (Wildman–Crippen MR) is 80.5 cm³/mol. The molecule has 1 aromatic carbocycles. The molecule has 1 saturated carbocycles. The van der Waals surface area contributed by atoms with Gasteiger partial charge >= 0.3 is 0 Å². The molecule has 0 radical (unpaired) electrons. The molecule has 0 saturated heterocycles. The van der Waals surface area contributed by atoms with E-state index in [1.54, 1.807) is 0 Å². The van der Waals surface area contributed by atoms with Gasteiger partial charge < -0.3 is 10.4 Å². The standard InChI is InChI=1S/C16H24ClNO/c1-2-12-3-9-15(10-4-12)18-11-16(19)13-5-7-14(17)8-6-13/h5-8,12,15-16,18-19H,2-4,9-11H2,1H3. The summed E-state index contributed by atoms with van der Waals surface area (Å²) in [5, 5.41) is 14.3. The van der Waals surface area contributed by atoms with E-state index in [0.717, 1.165) is 11.5 Å². The monoisotopic (exact) mass is 281 g/mol. The Bertz CT molecular complexity index is 371. The minimum Gasteiger partial charge on any atom is -0.387 e. The molecule has 0 aliphatic heterocycles. The Kier molecular flexibility index (Phi) is 5.68. The molecule has 0 spiro atoms. The fourth-order valence-corrected chi connectivity index (χ4v) is 2.98. The number of halogens is 1. The zero-order valence-electron chi connectivity index (χ0n) is 11.6. The molecule has 1 unspecified atom stereocenters. The van der Waals surface area contributed by atoms with Crippen LogP contribution < -0.4 is 5.32 Å². The molecule has 1 aromatic rings. The highest BCUT2D eigenvalue weighted by Crippen LogP contribution is 2.26. The van der Waals surface area contributed by atoms with E-state index in [2.05, 4.69) is 12.2 Å². The lowest BCUT2D eigenvalue weighted by Crippen LogP contribution is -2.35. The third-order valence-corrected chi connectivity index (χ3v) is 4.53. The number of benzene rings is 1. The van der Waals surface area contributed by atoms with Crippen molar-refractivity contribution in [2.24, 2.45) is 5.92 Å². The molecule has 1 aliphatic rings. The Morgan fingerprint density at radius 3 is 2.42 bits per heavy atom. The molecule has 106 valence electrons. The van der Waals surface area contributed by atoms with Crippen LogP contribution in [-0.4, -0.2) is 17.7 Å². The Morgan fingerprint density at radius 2 is 1.84 bits per heavy atom. The molecular formula is C16H24ClNO. The first-order valence-electron chi connectivity index (χ1n) is 7.36. The summed E-state index contributed by atoms with van der Waals surface area (Å²) in [5.74, 6) is 0.916. The van der Waals surface area contributed by atoms with Gasteiger partial charge in [-0.25, -0.2) is 0 Å². The highest BCUT2D eigenvalue weighted by atomic mass is 35.5. The first kappa shape index (κ1) is 14.8. The number of hydrogen-bond donors (Lipinski definition) is 2. The van der Waals surface area contributed by atoms with Crippen LogP contribution in [0.25, 0.3) is 0 Å². The number of aliphatic hydroxyl groups is 1. The second-order valence-electron chi connectivity index (χ2n) is 5.60. The van der Waals surface area contributed by atoms with Gasteiger partial charge in [0.2, 0.25) is 0 Å². The molecule has 0 aromatic heterocycles. The van der Waals surface area contributed by atoms with Crippen molar-refractivity contribution in [3.05, 3.63) is 34.9 Å². The highest BCUT2D eigenvalue weighted by molar-refractivity contribution is 6.30. The fraction of sp³-hybridized carbons (Fsp3) is 0.625. The molecule has 1 aliphatic carbocycles. The van der Waals surface area contributed by atoms with Crippen LogP contribution in [0.5, 0.6) is 0 Å². The van der Waals surface area contributed by atoms with E-state index in [4.69, 9.17) is 11.6 Å². The van der Waals surface area contributed by atoms with E-state index in [9.17, 15) is 5.11 Å². The maximum absolute atomic E-state index is 10.1. The Balaban J connectivity index is 1.75. The fourth-order valence-electron chi connectivity index (χ4n) is 2.86. The third-order valence-electron chi connectivity index (χ3n) is 4.28. The second-order valence-corrected chi connectivity index (χ2v) is 6.04. The topological polar surface area (TPSA) is 32.3 Å². The molecule has 0 amide bonds. The molecule has 1 fully saturated rings. The Hall–Kier alpha value is -0.570. The van der Waals surface area contributed by atoms with Crippen molar-refractivity contribution >= 4 is 11.6 Å². The van der Waals surface area contributed by atoms with Crippen molar-refractivity contribution in [2.75, 3.05) is 6.54 Å². The van der Waals surface area contributed by atoms with Crippen molar-refractivity contribution in [2.45, 2.75) is 51.2 Å². The molecule has 19 heavy (non-hydrogen) atoms. The summed E-state index contributed by atoms with van der Waals surface area (Å²) in [6.07, 6.45) is 6.00. The molecule has 0 heterocycles. The van der Waals surface area contributed by atoms with E-state index in [1.807, 2.05) is 24.3 Å². The number of nitrogens with one attached hydrogen (secondary N) is 1. The van der Waals surface area contributed by atoms with Crippen LogP contribution in [0.15, 0.2) is 24.3 Å². The van der Waals surface area contributed by atoms with Gasteiger partial charge in [-0.3, -0.25) is 0 Å². The minimum absolute atomic E-state index is 0.443. The maximum atomic E-state index is 10.1. The van der Waals surface area contributed by atoms with E-state index >= 15 is 0 Å². The summed E-state index contributed by atoms with van der Waals surface area (Å²) >= 11 is 5.85. The van der Waals surface area contributed by atoms with E-state index < -0.39 is 6.10 Å². The minimum atomic E-state index is -0.443. The summed E-state index contributed by atoms with van der Waals surface area (Å²) in [4.78, 5) is 0. The van der Waals surface area contributed by atoms with E-state index in [0.29, 0.717) is 17.6 Å². The number of aliphatic hydroxyl groups excluding tert-OH is 1. The van der Waals surface area contributed by atoms with Crippen molar-refractivity contribution in [3.63, 3.8) is 0 Å². The van der Waals surface area contributed by atoms with Gasteiger partial charge in [-0.05, 0) is 49.3 Å². The van der Waals surface area contributed by atoms with Gasteiger partial charge in [-0.1, -0.05) is 37.1 Å². The third kappa shape index (κ3) is 4.48. The van der Waals surface area contributed by atoms with E-state index in [-0.39, 0.29) is 0 Å². The van der Waals surface area contributed by atoms with Crippen LogP contribution in [0.4, 0.5) is 0 Å². The lowest BCUT2D eigenvalue weighted by Gasteiger charge is -2.29. The quantitative estimate of drug-likeness (QED) is 0.857. The van der Waals surface area contributed by atoms with Crippen LogP contribution in [0.3, 0.4) is 0 Å². The molecule has 2 nitrogen and oxygen atoms in total. The predicted octanol–water partition coefficient (Wildman–Crippen LogP) is 3.93. The second kappa shape index (κ2) is 7.28. The lowest BCUT2D eigenvalue weighted by molar-refractivity contribution is 0.162. The average Bonchev–Trinajstić information content (AvgIpc) is 2.46. The molecule has 2 rings (SSSR count). The van der Waals surface area contributed by atoms with Crippen molar-refractivity contribution < 1.29 is 5.11 Å². The van der Waals surface area contributed by atoms with Gasteiger partial charge in [-0.2, -0.15) is 0 Å². The Morgan fingerprint density at radius 1 is 1.21 bits per heavy atom. The van der Waals surface area contributed by atoms with Crippen LogP contribution in [0.1, 0.15) is 50.7 Å². The van der Waals surface area contributed by atoms with Crippen LogP contribution in [0.2, 0.25) is 5.02 Å². The first-order valence-corrected chi connectivity index (χ1v) is 7.73. The van der Waals surface area contributed by atoms with Gasteiger partial charge in [-0.15, -0.1) is 0 Å². The summed E-state index contributed by atoms with van der Waals surface area (Å²) in [5.41, 5.74) is 0.930. The van der Waals surface area contributed by atoms with Crippen LogP contribution in [-0.2, 0) is 0 Å². The first-order chi connectivity index (χ1) is 9.19.